The van der Waals surface area contributed by atoms with Gasteiger partial charge in [0.15, 0.2) is 0 Å². The van der Waals surface area contributed by atoms with E-state index in [4.69, 9.17) is 4.74 Å². The number of ether oxygens (including phenoxy) is 1. The van der Waals surface area contributed by atoms with Crippen LogP contribution < -0.4 is 0 Å². The van der Waals surface area contributed by atoms with Crippen molar-refractivity contribution >= 4 is 11.9 Å². The lowest BCUT2D eigenvalue weighted by Gasteiger charge is -2.27. The number of aromatic carboxylic acids is 1. The van der Waals surface area contributed by atoms with E-state index in [0.717, 1.165) is 51.1 Å². The summed E-state index contributed by atoms with van der Waals surface area (Å²) in [6.45, 7) is 3.38. The van der Waals surface area contributed by atoms with Crippen molar-refractivity contribution in [1.29, 1.82) is 0 Å². The molecule has 5 heteroatoms. The van der Waals surface area contributed by atoms with Crippen LogP contribution in [0.5, 0.6) is 0 Å². The van der Waals surface area contributed by atoms with Gasteiger partial charge in [0.1, 0.15) is 0 Å². The number of likely N-dealkylation sites (tertiary alicyclic amines) is 1. The van der Waals surface area contributed by atoms with E-state index >= 15 is 0 Å². The number of hydrogen-bond donors (Lipinski definition) is 1. The first-order valence-corrected chi connectivity index (χ1v) is 8.82. The highest BCUT2D eigenvalue weighted by Crippen LogP contribution is 2.31. The largest absolute Gasteiger partial charge is 0.478 e. The Labute approximate surface area is 142 Å². The Bertz CT molecular complexity index is 595. The molecule has 1 amide bonds. The highest BCUT2D eigenvalue weighted by Gasteiger charge is 2.32. The molecule has 2 heterocycles. The quantitative estimate of drug-likeness (QED) is 0.900. The molecule has 2 aliphatic heterocycles. The summed E-state index contributed by atoms with van der Waals surface area (Å²) in [5.74, 6) is 0.497. The number of carbonyl (C=O) groups excluding carboxylic acids is 1. The number of carbonyl (C=O) groups is 2. The van der Waals surface area contributed by atoms with Crippen LogP contribution in [-0.4, -0.2) is 48.2 Å². The van der Waals surface area contributed by atoms with Gasteiger partial charge in [-0.1, -0.05) is 18.2 Å². The zero-order valence-corrected chi connectivity index (χ0v) is 13.9. The van der Waals surface area contributed by atoms with Crippen molar-refractivity contribution in [2.75, 3.05) is 26.3 Å². The maximum Gasteiger partial charge on any atom is 0.335 e. The third-order valence-electron chi connectivity index (χ3n) is 5.37. The summed E-state index contributed by atoms with van der Waals surface area (Å²) in [5, 5.41) is 9.22. The Kier molecular flexibility index (Phi) is 5.51. The molecule has 1 unspecified atom stereocenters. The van der Waals surface area contributed by atoms with Crippen LogP contribution in [-0.2, 0) is 16.0 Å². The Morgan fingerprint density at radius 2 is 1.88 bits per heavy atom. The van der Waals surface area contributed by atoms with Gasteiger partial charge < -0.3 is 14.7 Å². The molecule has 1 aromatic rings. The normalized spacial score (nSPS) is 21.8. The molecule has 24 heavy (non-hydrogen) atoms. The average molecular weight is 331 g/mol. The van der Waals surface area contributed by atoms with Gasteiger partial charge in [0, 0.05) is 32.7 Å². The van der Waals surface area contributed by atoms with Crippen LogP contribution in [0.1, 0.15) is 41.6 Å². The number of aryl methyl sites for hydroxylation is 1. The number of benzene rings is 1. The standard InChI is InChI=1S/C19H25NO4/c21-18(6-5-15-3-1-2-4-17(15)19(22)23)20-10-7-16(13-20)14-8-11-24-12-9-14/h1-4,14,16H,5-13H2,(H,22,23). The van der Waals surface area contributed by atoms with E-state index in [9.17, 15) is 14.7 Å². The van der Waals surface area contributed by atoms with Crippen molar-refractivity contribution in [2.45, 2.75) is 32.1 Å². The Balaban J connectivity index is 1.52. The van der Waals surface area contributed by atoms with Gasteiger partial charge in [0.2, 0.25) is 5.91 Å². The summed E-state index contributed by atoms with van der Waals surface area (Å²) in [6.07, 6.45) is 4.17. The summed E-state index contributed by atoms with van der Waals surface area (Å²) in [6, 6.07) is 6.93. The fourth-order valence-corrected chi connectivity index (χ4v) is 3.93. The molecule has 0 bridgehead atoms. The predicted molar refractivity (Wildman–Crippen MR) is 90.0 cm³/mol. The van der Waals surface area contributed by atoms with Crippen molar-refractivity contribution in [3.63, 3.8) is 0 Å². The first-order valence-electron chi connectivity index (χ1n) is 8.82. The van der Waals surface area contributed by atoms with Crippen molar-refractivity contribution in [3.05, 3.63) is 35.4 Å². The second-order valence-corrected chi connectivity index (χ2v) is 6.80. The van der Waals surface area contributed by atoms with E-state index in [1.54, 1.807) is 18.2 Å². The molecule has 3 rings (SSSR count). The Morgan fingerprint density at radius 3 is 2.62 bits per heavy atom. The summed E-state index contributed by atoms with van der Waals surface area (Å²) >= 11 is 0. The molecule has 0 aromatic heterocycles. The smallest absolute Gasteiger partial charge is 0.335 e. The number of carboxylic acids is 1. The minimum absolute atomic E-state index is 0.143. The molecule has 0 aliphatic carbocycles. The third-order valence-corrected chi connectivity index (χ3v) is 5.37. The minimum Gasteiger partial charge on any atom is -0.478 e. The van der Waals surface area contributed by atoms with E-state index in [0.29, 0.717) is 30.2 Å². The first kappa shape index (κ1) is 17.0. The average Bonchev–Trinajstić information content (AvgIpc) is 3.11. The second-order valence-electron chi connectivity index (χ2n) is 6.80. The van der Waals surface area contributed by atoms with Crippen LogP contribution in [0.15, 0.2) is 24.3 Å². The van der Waals surface area contributed by atoms with E-state index in [1.807, 2.05) is 11.0 Å². The summed E-state index contributed by atoms with van der Waals surface area (Å²) in [7, 11) is 0. The van der Waals surface area contributed by atoms with E-state index in [2.05, 4.69) is 0 Å². The topological polar surface area (TPSA) is 66.8 Å². The molecule has 1 atom stereocenters. The molecule has 2 aliphatic rings. The van der Waals surface area contributed by atoms with Crippen molar-refractivity contribution in [3.8, 4) is 0 Å². The summed E-state index contributed by atoms with van der Waals surface area (Å²) in [4.78, 5) is 25.7. The highest BCUT2D eigenvalue weighted by atomic mass is 16.5. The fourth-order valence-electron chi connectivity index (χ4n) is 3.93. The molecule has 5 nitrogen and oxygen atoms in total. The monoisotopic (exact) mass is 331 g/mol. The van der Waals surface area contributed by atoms with E-state index in [-0.39, 0.29) is 5.91 Å². The molecular formula is C19H25NO4. The highest BCUT2D eigenvalue weighted by molar-refractivity contribution is 5.89. The van der Waals surface area contributed by atoms with Crippen LogP contribution >= 0.6 is 0 Å². The number of nitrogens with zero attached hydrogens (tertiary/aromatic N) is 1. The molecule has 2 fully saturated rings. The van der Waals surface area contributed by atoms with Gasteiger partial charge >= 0.3 is 5.97 Å². The lowest BCUT2D eigenvalue weighted by atomic mass is 9.85. The number of hydrogen-bond acceptors (Lipinski definition) is 3. The fraction of sp³-hybridized carbons (Fsp3) is 0.579. The van der Waals surface area contributed by atoms with Crippen LogP contribution in [0.4, 0.5) is 0 Å². The van der Waals surface area contributed by atoms with Gasteiger partial charge in [-0.05, 0) is 49.1 Å². The minimum atomic E-state index is -0.932. The van der Waals surface area contributed by atoms with Crippen LogP contribution in [0.3, 0.4) is 0 Å². The second kappa shape index (κ2) is 7.79. The lowest BCUT2D eigenvalue weighted by Crippen LogP contribution is -2.31. The number of amides is 1. The van der Waals surface area contributed by atoms with Gasteiger partial charge in [-0.2, -0.15) is 0 Å². The molecule has 2 saturated heterocycles. The molecule has 1 N–H and O–H groups in total. The van der Waals surface area contributed by atoms with Crippen LogP contribution in [0, 0.1) is 11.8 Å². The van der Waals surface area contributed by atoms with Gasteiger partial charge in [0.25, 0.3) is 0 Å². The third kappa shape index (κ3) is 3.96. The van der Waals surface area contributed by atoms with Crippen molar-refractivity contribution in [1.82, 2.24) is 4.90 Å². The molecule has 0 radical (unpaired) electrons. The summed E-state index contributed by atoms with van der Waals surface area (Å²) < 4.78 is 5.42. The molecule has 0 spiro atoms. The van der Waals surface area contributed by atoms with Gasteiger partial charge in [0.05, 0.1) is 5.56 Å². The maximum atomic E-state index is 12.5. The van der Waals surface area contributed by atoms with Crippen molar-refractivity contribution < 1.29 is 19.4 Å². The first-order chi connectivity index (χ1) is 11.6. The zero-order valence-electron chi connectivity index (χ0n) is 13.9. The molecule has 130 valence electrons. The van der Waals surface area contributed by atoms with E-state index in [1.165, 1.54) is 0 Å². The maximum absolute atomic E-state index is 12.5. The van der Waals surface area contributed by atoms with Crippen molar-refractivity contribution in [2.24, 2.45) is 11.8 Å². The molecule has 0 saturated carbocycles. The lowest BCUT2D eigenvalue weighted by molar-refractivity contribution is -0.130. The van der Waals surface area contributed by atoms with E-state index < -0.39 is 5.97 Å². The van der Waals surface area contributed by atoms with Gasteiger partial charge in [-0.25, -0.2) is 4.79 Å². The number of carboxylic acid groups (broad SMARTS) is 1. The SMILES string of the molecule is O=C(O)c1ccccc1CCC(=O)N1CCC(C2CCOCC2)C1. The predicted octanol–water partition coefficient (Wildman–Crippen LogP) is 2.59. The number of rotatable bonds is 5. The summed E-state index contributed by atoms with van der Waals surface area (Å²) in [5.41, 5.74) is 1.03. The van der Waals surface area contributed by atoms with Crippen LogP contribution in [0.2, 0.25) is 0 Å². The Morgan fingerprint density at radius 1 is 1.12 bits per heavy atom. The van der Waals surface area contributed by atoms with Gasteiger partial charge in [-0.15, -0.1) is 0 Å². The van der Waals surface area contributed by atoms with Gasteiger partial charge in [-0.3, -0.25) is 4.79 Å². The Hall–Kier alpha value is -1.88. The zero-order chi connectivity index (χ0) is 16.9. The molecular weight excluding hydrogens is 306 g/mol. The van der Waals surface area contributed by atoms with Crippen LogP contribution in [0.25, 0.3) is 0 Å². The molecule has 1 aromatic carbocycles.